The molecule has 0 spiro atoms. The molecule has 0 unspecified atom stereocenters. The van der Waals surface area contributed by atoms with Crippen LogP contribution in [0.2, 0.25) is 0 Å². The van der Waals surface area contributed by atoms with Crippen LogP contribution in [0.3, 0.4) is 0 Å². The van der Waals surface area contributed by atoms with Crippen molar-refractivity contribution in [2.24, 2.45) is 0 Å². The van der Waals surface area contributed by atoms with Crippen LogP contribution in [0, 0.1) is 0 Å². The van der Waals surface area contributed by atoms with Crippen molar-refractivity contribution in [3.8, 4) is 0 Å². The largest absolute Gasteiger partial charge is 0.252 e. The Kier molecular flexibility index (Phi) is 3.87. The molecule has 0 aromatic carbocycles. The highest BCUT2D eigenvalue weighted by Gasteiger charge is 2.05. The zero-order chi connectivity index (χ0) is 13.0. The van der Waals surface area contributed by atoms with Crippen LogP contribution >= 0.6 is 0 Å². The van der Waals surface area contributed by atoms with Crippen LogP contribution in [0.5, 0.6) is 0 Å². The molecule has 8 heteroatoms. The molecule has 2 heterocycles. The molecule has 0 aliphatic rings. The van der Waals surface area contributed by atoms with Crippen molar-refractivity contribution in [3.63, 3.8) is 0 Å². The number of sulfonamides is 1. The Hall–Kier alpha value is -1.54. The molecule has 0 fully saturated rings. The molecule has 98 valence electrons. The first-order valence-corrected chi connectivity index (χ1v) is 7.37. The van der Waals surface area contributed by atoms with E-state index in [0.29, 0.717) is 12.3 Å². The SMILES string of the molecule is CCS(=O)(=O)NCCCc1cnc2ncnn2c1. The molecule has 0 radical (unpaired) electrons. The summed E-state index contributed by atoms with van der Waals surface area (Å²) in [5, 5.41) is 3.99. The van der Waals surface area contributed by atoms with Gasteiger partial charge in [-0.05, 0) is 25.3 Å². The molecule has 0 saturated heterocycles. The zero-order valence-electron chi connectivity index (χ0n) is 10.1. The molecule has 0 aliphatic carbocycles. The Morgan fingerprint density at radius 2 is 2.22 bits per heavy atom. The fourth-order valence-corrected chi connectivity index (χ4v) is 2.17. The summed E-state index contributed by atoms with van der Waals surface area (Å²) in [6.45, 7) is 2.05. The van der Waals surface area contributed by atoms with Gasteiger partial charge in [-0.1, -0.05) is 0 Å². The van der Waals surface area contributed by atoms with Gasteiger partial charge in [0.15, 0.2) is 0 Å². The average Bonchev–Trinajstić information content (AvgIpc) is 2.82. The molecule has 0 aliphatic heterocycles. The number of nitrogens with one attached hydrogen (secondary N) is 1. The van der Waals surface area contributed by atoms with E-state index >= 15 is 0 Å². The van der Waals surface area contributed by atoms with E-state index in [-0.39, 0.29) is 5.75 Å². The monoisotopic (exact) mass is 269 g/mol. The topological polar surface area (TPSA) is 89.2 Å². The fraction of sp³-hybridized carbons (Fsp3) is 0.500. The number of aryl methyl sites for hydroxylation is 1. The van der Waals surface area contributed by atoms with Crippen molar-refractivity contribution in [3.05, 3.63) is 24.3 Å². The molecular formula is C10H15N5O2S. The number of rotatable bonds is 6. The summed E-state index contributed by atoms with van der Waals surface area (Å²) in [7, 11) is -3.09. The van der Waals surface area contributed by atoms with Gasteiger partial charge in [-0.25, -0.2) is 22.6 Å². The first-order chi connectivity index (χ1) is 8.61. The molecule has 0 amide bonds. The fourth-order valence-electron chi connectivity index (χ4n) is 1.51. The third-order valence-electron chi connectivity index (χ3n) is 2.53. The Balaban J connectivity index is 1.86. The van der Waals surface area contributed by atoms with Gasteiger partial charge in [0.1, 0.15) is 6.33 Å². The van der Waals surface area contributed by atoms with Gasteiger partial charge in [-0.15, -0.1) is 0 Å². The van der Waals surface area contributed by atoms with Gasteiger partial charge in [0.05, 0.1) is 5.75 Å². The number of aromatic nitrogens is 4. The lowest BCUT2D eigenvalue weighted by atomic mass is 10.2. The summed E-state index contributed by atoms with van der Waals surface area (Å²) in [5.41, 5.74) is 1.00. The maximum Gasteiger partial charge on any atom is 0.252 e. The van der Waals surface area contributed by atoms with E-state index in [0.717, 1.165) is 18.4 Å². The van der Waals surface area contributed by atoms with Crippen molar-refractivity contribution in [1.82, 2.24) is 24.3 Å². The van der Waals surface area contributed by atoms with Crippen molar-refractivity contribution < 1.29 is 8.42 Å². The number of fused-ring (bicyclic) bond motifs is 1. The Labute approximate surface area is 105 Å². The zero-order valence-corrected chi connectivity index (χ0v) is 10.9. The summed E-state index contributed by atoms with van der Waals surface area (Å²) in [6, 6.07) is 0. The minimum atomic E-state index is -3.09. The van der Waals surface area contributed by atoms with Crippen LogP contribution in [0.25, 0.3) is 5.78 Å². The summed E-state index contributed by atoms with van der Waals surface area (Å²) >= 11 is 0. The van der Waals surface area contributed by atoms with E-state index in [1.54, 1.807) is 17.6 Å². The van der Waals surface area contributed by atoms with Crippen molar-refractivity contribution in [2.75, 3.05) is 12.3 Å². The normalized spacial score (nSPS) is 12.1. The first kappa shape index (κ1) is 12.9. The lowest BCUT2D eigenvalue weighted by Gasteiger charge is -2.04. The second-order valence-corrected chi connectivity index (χ2v) is 5.96. The summed E-state index contributed by atoms with van der Waals surface area (Å²) in [4.78, 5) is 8.08. The Bertz CT molecular complexity index is 622. The molecule has 0 bridgehead atoms. The maximum absolute atomic E-state index is 11.2. The van der Waals surface area contributed by atoms with Crippen LogP contribution in [-0.2, 0) is 16.4 Å². The minimum Gasteiger partial charge on any atom is -0.219 e. The van der Waals surface area contributed by atoms with Gasteiger partial charge >= 0.3 is 0 Å². The summed E-state index contributed by atoms with van der Waals surface area (Å²) in [6.07, 6.45) is 6.50. The van der Waals surface area contributed by atoms with Crippen LogP contribution in [0.4, 0.5) is 0 Å². The van der Waals surface area contributed by atoms with Crippen molar-refractivity contribution in [2.45, 2.75) is 19.8 Å². The van der Waals surface area contributed by atoms with Gasteiger partial charge in [0.2, 0.25) is 10.0 Å². The summed E-state index contributed by atoms with van der Waals surface area (Å²) in [5.74, 6) is 0.671. The molecule has 1 N–H and O–H groups in total. The second kappa shape index (κ2) is 5.40. The number of nitrogens with zero attached hydrogens (tertiary/aromatic N) is 4. The molecule has 18 heavy (non-hydrogen) atoms. The third kappa shape index (κ3) is 3.23. The van der Waals surface area contributed by atoms with Crippen LogP contribution in [0.15, 0.2) is 18.7 Å². The molecule has 2 aromatic rings. The van der Waals surface area contributed by atoms with E-state index < -0.39 is 10.0 Å². The average molecular weight is 269 g/mol. The molecule has 0 atom stereocenters. The molecule has 7 nitrogen and oxygen atoms in total. The molecular weight excluding hydrogens is 254 g/mol. The van der Waals surface area contributed by atoms with Crippen LogP contribution < -0.4 is 4.72 Å². The standard InChI is InChI=1S/C10H15N5O2S/c1-2-18(16,17)14-5-3-4-9-6-11-10-12-8-13-15(10)7-9/h6-8,14H,2-5H2,1H3. The summed E-state index contributed by atoms with van der Waals surface area (Å²) < 4.78 is 26.5. The maximum atomic E-state index is 11.2. The molecule has 2 rings (SSSR count). The van der Waals surface area contributed by atoms with E-state index in [1.165, 1.54) is 6.33 Å². The molecule has 0 saturated carbocycles. The van der Waals surface area contributed by atoms with Gasteiger partial charge in [-0.3, -0.25) is 0 Å². The number of hydrogen-bond donors (Lipinski definition) is 1. The van der Waals surface area contributed by atoms with Crippen LogP contribution in [-0.4, -0.2) is 40.3 Å². The predicted octanol–water partition coefficient (Wildman–Crippen LogP) is -0.00380. The lowest BCUT2D eigenvalue weighted by molar-refractivity contribution is 0.580. The minimum absolute atomic E-state index is 0.111. The highest BCUT2D eigenvalue weighted by molar-refractivity contribution is 7.89. The van der Waals surface area contributed by atoms with Gasteiger partial charge in [-0.2, -0.15) is 10.1 Å². The quantitative estimate of drug-likeness (QED) is 0.745. The Morgan fingerprint density at radius 1 is 1.39 bits per heavy atom. The first-order valence-electron chi connectivity index (χ1n) is 5.72. The van der Waals surface area contributed by atoms with E-state index in [4.69, 9.17) is 0 Å². The predicted molar refractivity (Wildman–Crippen MR) is 66.6 cm³/mol. The van der Waals surface area contributed by atoms with E-state index in [2.05, 4.69) is 19.8 Å². The van der Waals surface area contributed by atoms with E-state index in [1.807, 2.05) is 6.20 Å². The van der Waals surface area contributed by atoms with Gasteiger partial charge in [0, 0.05) is 18.9 Å². The Morgan fingerprint density at radius 3 is 3.00 bits per heavy atom. The van der Waals surface area contributed by atoms with E-state index in [9.17, 15) is 8.42 Å². The smallest absolute Gasteiger partial charge is 0.219 e. The van der Waals surface area contributed by atoms with Crippen molar-refractivity contribution >= 4 is 15.8 Å². The highest BCUT2D eigenvalue weighted by Crippen LogP contribution is 2.02. The van der Waals surface area contributed by atoms with Gasteiger partial charge < -0.3 is 0 Å². The lowest BCUT2D eigenvalue weighted by Crippen LogP contribution is -2.26. The van der Waals surface area contributed by atoms with Crippen molar-refractivity contribution in [1.29, 1.82) is 0 Å². The third-order valence-corrected chi connectivity index (χ3v) is 3.94. The van der Waals surface area contributed by atoms with Gasteiger partial charge in [0.25, 0.3) is 5.78 Å². The second-order valence-electron chi connectivity index (χ2n) is 3.87. The van der Waals surface area contributed by atoms with Crippen LogP contribution in [0.1, 0.15) is 18.9 Å². The highest BCUT2D eigenvalue weighted by atomic mass is 32.2. The molecule has 2 aromatic heterocycles. The number of hydrogen-bond acceptors (Lipinski definition) is 5.